The first kappa shape index (κ1) is 22.0. The minimum absolute atomic E-state index is 0.134. The van der Waals surface area contributed by atoms with Crippen LogP contribution in [0.15, 0.2) is 60.7 Å². The zero-order valence-corrected chi connectivity index (χ0v) is 18.3. The molecule has 0 aliphatic carbocycles. The first-order valence-corrected chi connectivity index (χ1v) is 10.6. The lowest BCUT2D eigenvalue weighted by molar-refractivity contribution is 0.0727. The number of halogens is 1. The molecule has 1 heterocycles. The SMILES string of the molecule is COCCN1Cc2c(F)c(C)c(C(=O)Oc3ccccc3)c(OCc3ccccc3)c2C1. The van der Waals surface area contributed by atoms with Crippen molar-refractivity contribution < 1.29 is 23.4 Å². The molecule has 4 rings (SSSR count). The number of benzene rings is 3. The van der Waals surface area contributed by atoms with Gasteiger partial charge < -0.3 is 14.2 Å². The molecule has 32 heavy (non-hydrogen) atoms. The van der Waals surface area contributed by atoms with Gasteiger partial charge in [-0.3, -0.25) is 4.90 Å². The number of hydrogen-bond donors (Lipinski definition) is 0. The van der Waals surface area contributed by atoms with Crippen molar-refractivity contribution >= 4 is 5.97 Å². The fourth-order valence-corrected chi connectivity index (χ4v) is 3.92. The average Bonchev–Trinajstić information content (AvgIpc) is 3.24. The quantitative estimate of drug-likeness (QED) is 0.372. The van der Waals surface area contributed by atoms with Crippen LogP contribution >= 0.6 is 0 Å². The molecule has 6 heteroatoms. The summed E-state index contributed by atoms with van der Waals surface area (Å²) in [4.78, 5) is 15.3. The normalized spacial score (nSPS) is 13.1. The topological polar surface area (TPSA) is 48.0 Å². The molecule has 0 amide bonds. The van der Waals surface area contributed by atoms with E-state index >= 15 is 4.39 Å². The summed E-state index contributed by atoms with van der Waals surface area (Å²) in [5.41, 5.74) is 2.59. The summed E-state index contributed by atoms with van der Waals surface area (Å²) in [6.07, 6.45) is 0. The van der Waals surface area contributed by atoms with Crippen LogP contribution in [0.3, 0.4) is 0 Å². The molecule has 5 nitrogen and oxygen atoms in total. The minimum atomic E-state index is -0.631. The van der Waals surface area contributed by atoms with Crippen molar-refractivity contribution in [1.82, 2.24) is 4.90 Å². The highest BCUT2D eigenvalue weighted by Gasteiger charge is 2.33. The van der Waals surface area contributed by atoms with Crippen LogP contribution in [0.1, 0.15) is 32.6 Å². The third-order valence-electron chi connectivity index (χ3n) is 5.59. The van der Waals surface area contributed by atoms with Gasteiger partial charge in [0.05, 0.1) is 6.61 Å². The molecule has 0 aromatic heterocycles. The lowest BCUT2D eigenvalue weighted by Gasteiger charge is -2.18. The van der Waals surface area contributed by atoms with Crippen molar-refractivity contribution in [2.75, 3.05) is 20.3 Å². The number of carbonyl (C=O) groups is 1. The van der Waals surface area contributed by atoms with E-state index in [0.29, 0.717) is 48.9 Å². The summed E-state index contributed by atoms with van der Waals surface area (Å²) < 4.78 is 32.3. The van der Waals surface area contributed by atoms with Gasteiger partial charge in [-0.25, -0.2) is 9.18 Å². The van der Waals surface area contributed by atoms with Crippen LogP contribution in [0.4, 0.5) is 4.39 Å². The Kier molecular flexibility index (Phi) is 6.83. The van der Waals surface area contributed by atoms with Crippen LogP contribution in [0.25, 0.3) is 0 Å². The monoisotopic (exact) mass is 435 g/mol. The molecule has 0 atom stereocenters. The number of carbonyl (C=O) groups excluding carboxylic acids is 1. The average molecular weight is 435 g/mol. The minimum Gasteiger partial charge on any atom is -0.488 e. The van der Waals surface area contributed by atoms with Crippen LogP contribution in [-0.4, -0.2) is 31.1 Å². The molecule has 3 aromatic rings. The van der Waals surface area contributed by atoms with E-state index in [9.17, 15) is 4.79 Å². The van der Waals surface area contributed by atoms with Crippen molar-refractivity contribution in [3.8, 4) is 11.5 Å². The maximum Gasteiger partial charge on any atom is 0.347 e. The number of para-hydroxylation sites is 1. The van der Waals surface area contributed by atoms with E-state index in [4.69, 9.17) is 14.2 Å². The molecular weight excluding hydrogens is 409 g/mol. The van der Waals surface area contributed by atoms with E-state index in [1.807, 2.05) is 36.4 Å². The number of nitrogens with zero attached hydrogens (tertiary/aromatic N) is 1. The Morgan fingerprint density at radius 3 is 2.34 bits per heavy atom. The fraction of sp³-hybridized carbons (Fsp3) is 0.269. The Balaban J connectivity index is 1.72. The standard InChI is InChI=1S/C26H26FNO4/c1-18-23(26(29)32-20-11-7-4-8-12-20)25(31-17-19-9-5-3-6-10-19)22-16-28(13-14-30-2)15-21(22)24(18)27/h3-12H,13-17H2,1-2H3. The van der Waals surface area contributed by atoms with E-state index in [2.05, 4.69) is 4.90 Å². The van der Waals surface area contributed by atoms with Gasteiger partial charge in [0.15, 0.2) is 0 Å². The molecule has 1 aliphatic rings. The molecule has 0 radical (unpaired) electrons. The predicted octanol–water partition coefficient (Wildman–Crippen LogP) is 4.89. The summed E-state index contributed by atoms with van der Waals surface area (Å²) in [5, 5.41) is 0. The van der Waals surface area contributed by atoms with E-state index in [1.165, 1.54) is 0 Å². The van der Waals surface area contributed by atoms with Gasteiger partial charge in [0.25, 0.3) is 0 Å². The second kappa shape index (κ2) is 9.94. The van der Waals surface area contributed by atoms with Crippen molar-refractivity contribution in [1.29, 1.82) is 0 Å². The number of hydrogen-bond acceptors (Lipinski definition) is 5. The summed E-state index contributed by atoms with van der Waals surface area (Å²) in [7, 11) is 1.64. The van der Waals surface area contributed by atoms with Crippen molar-refractivity contribution in [2.24, 2.45) is 0 Å². The Bertz CT molecular complexity index is 1090. The molecule has 0 saturated heterocycles. The Hall–Kier alpha value is -3.22. The maximum absolute atomic E-state index is 15.4. The largest absolute Gasteiger partial charge is 0.488 e. The third kappa shape index (κ3) is 4.66. The highest BCUT2D eigenvalue weighted by Crippen LogP contribution is 2.39. The summed E-state index contributed by atoms with van der Waals surface area (Å²) in [6, 6.07) is 18.4. The number of rotatable bonds is 8. The highest BCUT2D eigenvalue weighted by molar-refractivity contribution is 5.96. The zero-order chi connectivity index (χ0) is 22.5. The molecule has 0 unspecified atom stereocenters. The van der Waals surface area contributed by atoms with Gasteiger partial charge in [0, 0.05) is 43.4 Å². The molecule has 0 bridgehead atoms. The lowest BCUT2D eigenvalue weighted by Crippen LogP contribution is -2.21. The Morgan fingerprint density at radius 1 is 1.00 bits per heavy atom. The molecule has 0 saturated carbocycles. The van der Waals surface area contributed by atoms with Gasteiger partial charge in [0.1, 0.15) is 29.5 Å². The third-order valence-corrected chi connectivity index (χ3v) is 5.59. The van der Waals surface area contributed by atoms with E-state index in [1.54, 1.807) is 38.3 Å². The molecular formula is C26H26FNO4. The van der Waals surface area contributed by atoms with Gasteiger partial charge in [-0.05, 0) is 24.6 Å². The highest BCUT2D eigenvalue weighted by atomic mass is 19.1. The molecule has 0 N–H and O–H groups in total. The van der Waals surface area contributed by atoms with Crippen LogP contribution in [-0.2, 0) is 24.4 Å². The Morgan fingerprint density at radius 2 is 1.66 bits per heavy atom. The summed E-state index contributed by atoms with van der Waals surface area (Å²) >= 11 is 0. The summed E-state index contributed by atoms with van der Waals surface area (Å²) in [6.45, 7) is 3.99. The van der Waals surface area contributed by atoms with Crippen molar-refractivity contribution in [3.05, 3.63) is 94.3 Å². The van der Waals surface area contributed by atoms with E-state index in [0.717, 1.165) is 5.56 Å². The van der Waals surface area contributed by atoms with Gasteiger partial charge in [0.2, 0.25) is 0 Å². The molecule has 3 aromatic carbocycles. The van der Waals surface area contributed by atoms with Crippen LogP contribution in [0, 0.1) is 12.7 Å². The smallest absolute Gasteiger partial charge is 0.347 e. The van der Waals surface area contributed by atoms with Crippen LogP contribution in [0.2, 0.25) is 0 Å². The summed E-state index contributed by atoms with van der Waals surface area (Å²) in [5.74, 6) is -0.224. The maximum atomic E-state index is 15.4. The molecule has 0 spiro atoms. The number of methoxy groups -OCH3 is 1. The number of esters is 1. The van der Waals surface area contributed by atoms with Gasteiger partial charge in [-0.15, -0.1) is 0 Å². The van der Waals surface area contributed by atoms with Gasteiger partial charge >= 0.3 is 5.97 Å². The molecule has 166 valence electrons. The number of fused-ring (bicyclic) bond motifs is 1. The molecule has 1 aliphatic heterocycles. The second-order valence-electron chi connectivity index (χ2n) is 7.78. The zero-order valence-electron chi connectivity index (χ0n) is 18.3. The van der Waals surface area contributed by atoms with Crippen LogP contribution in [0.5, 0.6) is 11.5 Å². The molecule has 0 fully saturated rings. The lowest BCUT2D eigenvalue weighted by atomic mass is 9.98. The van der Waals surface area contributed by atoms with E-state index < -0.39 is 5.97 Å². The first-order chi connectivity index (χ1) is 15.6. The van der Waals surface area contributed by atoms with Crippen LogP contribution < -0.4 is 9.47 Å². The first-order valence-electron chi connectivity index (χ1n) is 10.6. The predicted molar refractivity (Wildman–Crippen MR) is 119 cm³/mol. The van der Waals surface area contributed by atoms with Gasteiger partial charge in [-0.2, -0.15) is 0 Å². The Labute approximate surface area is 187 Å². The second-order valence-corrected chi connectivity index (χ2v) is 7.78. The number of ether oxygens (including phenoxy) is 3. The van der Waals surface area contributed by atoms with Crippen molar-refractivity contribution in [2.45, 2.75) is 26.6 Å². The fourth-order valence-electron chi connectivity index (χ4n) is 3.92. The van der Waals surface area contributed by atoms with E-state index in [-0.39, 0.29) is 23.6 Å². The van der Waals surface area contributed by atoms with Crippen molar-refractivity contribution in [3.63, 3.8) is 0 Å². The van der Waals surface area contributed by atoms with Gasteiger partial charge in [-0.1, -0.05) is 48.5 Å².